The second kappa shape index (κ2) is 13.4. The van der Waals surface area contributed by atoms with E-state index in [2.05, 4.69) is 25.6 Å². The fraction of sp³-hybridized carbons (Fsp3) is 0.433. The van der Waals surface area contributed by atoms with Crippen LogP contribution in [0.4, 0.5) is 34.5 Å². The maximum absolute atomic E-state index is 15.7. The van der Waals surface area contributed by atoms with Crippen molar-refractivity contribution >= 4 is 51.2 Å². The van der Waals surface area contributed by atoms with E-state index in [9.17, 15) is 31.6 Å². The van der Waals surface area contributed by atoms with E-state index in [1.54, 1.807) is 45.0 Å². The van der Waals surface area contributed by atoms with Crippen molar-refractivity contribution in [2.24, 2.45) is 0 Å². The van der Waals surface area contributed by atoms with Gasteiger partial charge in [-0.15, -0.1) is 5.10 Å². The zero-order chi connectivity index (χ0) is 35.9. The molecule has 49 heavy (non-hydrogen) atoms. The number of alkyl halides is 2. The third-order valence-electron chi connectivity index (χ3n) is 7.39. The molecule has 2 aliphatic heterocycles. The molecule has 1 unspecified atom stereocenters. The normalized spacial score (nSPS) is 20.2. The molecular weight excluding hydrogens is 697 g/mol. The first-order valence-corrected chi connectivity index (χ1v) is 16.8. The summed E-state index contributed by atoms with van der Waals surface area (Å²) in [6.07, 6.45) is -2.69. The molecular formula is C30H32ClF3N6O8S. The molecule has 5 rings (SSSR count). The predicted octanol–water partition coefficient (Wildman–Crippen LogP) is 4.63. The fourth-order valence-electron chi connectivity index (χ4n) is 5.37. The van der Waals surface area contributed by atoms with Gasteiger partial charge in [0, 0.05) is 18.0 Å². The van der Waals surface area contributed by atoms with Crippen LogP contribution in [0, 0.1) is 5.82 Å². The van der Waals surface area contributed by atoms with Crippen LogP contribution in [0.2, 0.25) is 5.02 Å². The topological polar surface area (TPSA) is 173 Å². The molecule has 0 spiro atoms. The summed E-state index contributed by atoms with van der Waals surface area (Å²) in [6, 6.07) is 4.99. The number of sulfone groups is 1. The maximum atomic E-state index is 15.7. The SMILES string of the molecule is COC(=O)N1CC(Nc2nnc(-c3cc4c(cc3F)S(=O)(=O)C[C@H](NC(=O)OC(C)(C)C)C(=O)N4Cc3ccc(Cl)cc3)o2)CC(F)(F)C1. The van der Waals surface area contributed by atoms with Crippen LogP contribution in [0.15, 0.2) is 45.7 Å². The number of hydrogen-bond acceptors (Lipinski definition) is 11. The summed E-state index contributed by atoms with van der Waals surface area (Å²) in [7, 11) is -3.37. The lowest BCUT2D eigenvalue weighted by molar-refractivity contribution is -0.120. The van der Waals surface area contributed by atoms with Crippen molar-refractivity contribution in [1.29, 1.82) is 0 Å². The van der Waals surface area contributed by atoms with E-state index in [0.717, 1.165) is 23.0 Å². The molecule has 0 saturated carbocycles. The Morgan fingerprint density at radius 2 is 1.86 bits per heavy atom. The van der Waals surface area contributed by atoms with Crippen LogP contribution in [0.25, 0.3) is 11.5 Å². The van der Waals surface area contributed by atoms with E-state index in [-0.39, 0.29) is 24.8 Å². The number of fused-ring (bicyclic) bond motifs is 1. The van der Waals surface area contributed by atoms with Crippen LogP contribution in [-0.2, 0) is 30.7 Å². The number of benzene rings is 2. The van der Waals surface area contributed by atoms with Crippen LogP contribution in [0.1, 0.15) is 32.8 Å². The van der Waals surface area contributed by atoms with Crippen molar-refractivity contribution in [3.05, 3.63) is 52.8 Å². The molecule has 1 aromatic heterocycles. The molecule has 14 nitrogen and oxygen atoms in total. The number of nitrogens with one attached hydrogen (secondary N) is 2. The zero-order valence-electron chi connectivity index (χ0n) is 26.6. The highest BCUT2D eigenvalue weighted by molar-refractivity contribution is 7.91. The molecule has 264 valence electrons. The Hall–Kier alpha value is -4.58. The van der Waals surface area contributed by atoms with Crippen molar-refractivity contribution in [2.75, 3.05) is 36.2 Å². The van der Waals surface area contributed by atoms with Crippen molar-refractivity contribution in [2.45, 2.75) is 62.2 Å². The minimum Gasteiger partial charge on any atom is -0.453 e. The number of anilines is 2. The molecule has 2 atom stereocenters. The van der Waals surface area contributed by atoms with Gasteiger partial charge in [-0.2, -0.15) is 0 Å². The lowest BCUT2D eigenvalue weighted by Gasteiger charge is -2.36. The van der Waals surface area contributed by atoms with E-state index >= 15 is 4.39 Å². The van der Waals surface area contributed by atoms with Crippen molar-refractivity contribution < 1.29 is 49.9 Å². The largest absolute Gasteiger partial charge is 0.453 e. The van der Waals surface area contributed by atoms with Gasteiger partial charge in [0.1, 0.15) is 17.5 Å². The molecule has 0 radical (unpaired) electrons. The number of halogens is 4. The van der Waals surface area contributed by atoms with Gasteiger partial charge in [-0.3, -0.25) is 4.79 Å². The van der Waals surface area contributed by atoms with E-state index in [4.69, 9.17) is 20.8 Å². The van der Waals surface area contributed by atoms with E-state index in [1.165, 1.54) is 0 Å². The number of ether oxygens (including phenoxy) is 2. The average molecular weight is 729 g/mol. The Labute approximate surface area is 283 Å². The third kappa shape index (κ3) is 8.36. The number of carbonyl (C=O) groups excluding carboxylic acids is 3. The highest BCUT2D eigenvalue weighted by Crippen LogP contribution is 2.38. The van der Waals surface area contributed by atoms with Gasteiger partial charge in [-0.05, 0) is 50.6 Å². The number of aromatic nitrogens is 2. The van der Waals surface area contributed by atoms with Crippen molar-refractivity contribution in [1.82, 2.24) is 20.4 Å². The third-order valence-corrected chi connectivity index (χ3v) is 9.41. The minimum absolute atomic E-state index is 0.189. The van der Waals surface area contributed by atoms with Gasteiger partial charge in [0.2, 0.25) is 0 Å². The molecule has 2 aliphatic rings. The zero-order valence-corrected chi connectivity index (χ0v) is 28.2. The second-order valence-corrected chi connectivity index (χ2v) is 14.9. The van der Waals surface area contributed by atoms with Crippen LogP contribution in [0.5, 0.6) is 0 Å². The number of methoxy groups -OCH3 is 1. The highest BCUT2D eigenvalue weighted by Gasteiger charge is 2.43. The molecule has 2 aromatic carbocycles. The number of alkyl carbamates (subject to hydrolysis) is 1. The van der Waals surface area contributed by atoms with Crippen molar-refractivity contribution in [3.63, 3.8) is 0 Å². The first kappa shape index (κ1) is 35.7. The molecule has 3 heterocycles. The van der Waals surface area contributed by atoms with Gasteiger partial charge in [-0.25, -0.2) is 31.2 Å². The van der Waals surface area contributed by atoms with Crippen LogP contribution in [0.3, 0.4) is 0 Å². The number of hydrogen-bond donors (Lipinski definition) is 2. The summed E-state index contributed by atoms with van der Waals surface area (Å²) >= 11 is 6.02. The number of nitrogens with zero attached hydrogens (tertiary/aromatic N) is 4. The summed E-state index contributed by atoms with van der Waals surface area (Å²) < 4.78 is 87.0. The van der Waals surface area contributed by atoms with Gasteiger partial charge < -0.3 is 34.3 Å². The molecule has 0 aliphatic carbocycles. The highest BCUT2D eigenvalue weighted by atomic mass is 35.5. The smallest absolute Gasteiger partial charge is 0.409 e. The number of likely N-dealkylation sites (tertiary alicyclic amines) is 1. The number of rotatable bonds is 6. The average Bonchev–Trinajstić information content (AvgIpc) is 3.43. The lowest BCUT2D eigenvalue weighted by atomic mass is 10.0. The minimum atomic E-state index is -4.43. The van der Waals surface area contributed by atoms with E-state index < -0.39 is 92.4 Å². The molecule has 3 amide bonds. The van der Waals surface area contributed by atoms with Crippen LogP contribution < -0.4 is 15.5 Å². The van der Waals surface area contributed by atoms with E-state index in [1.807, 2.05) is 0 Å². The summed E-state index contributed by atoms with van der Waals surface area (Å²) in [5.74, 6) is -6.60. The Bertz CT molecular complexity index is 1870. The summed E-state index contributed by atoms with van der Waals surface area (Å²) in [4.78, 5) is 39.9. The molecule has 0 bridgehead atoms. The Kier molecular flexibility index (Phi) is 9.75. The standard InChI is InChI=1S/C30H32ClF3N6O8S/c1-29(2,3)48-27(42)36-21-14-49(44,45)23-10-20(32)19(9-22(23)40(25(21)41)12-16-5-7-17(31)8-6-16)24-37-38-26(47-24)35-18-11-30(33,34)15-39(13-18)28(43)46-4/h5-10,18,21H,11-15H2,1-4H3,(H,35,38)(H,36,42)/t18?,21-/m0/s1. The fourth-order valence-corrected chi connectivity index (χ4v) is 7.11. The Balaban J connectivity index is 1.51. The predicted molar refractivity (Wildman–Crippen MR) is 168 cm³/mol. The van der Waals surface area contributed by atoms with E-state index in [0.29, 0.717) is 16.7 Å². The van der Waals surface area contributed by atoms with Crippen molar-refractivity contribution in [3.8, 4) is 11.5 Å². The van der Waals surface area contributed by atoms with Crippen LogP contribution >= 0.6 is 11.6 Å². The maximum Gasteiger partial charge on any atom is 0.409 e. The van der Waals surface area contributed by atoms with Gasteiger partial charge in [0.25, 0.3) is 17.7 Å². The Morgan fingerprint density at radius 3 is 2.51 bits per heavy atom. The number of carbonyl (C=O) groups is 3. The lowest BCUT2D eigenvalue weighted by Crippen LogP contribution is -2.53. The second-order valence-electron chi connectivity index (χ2n) is 12.5. The number of piperidine rings is 1. The summed E-state index contributed by atoms with van der Waals surface area (Å²) in [5, 5.41) is 12.9. The molecule has 1 saturated heterocycles. The molecule has 2 N–H and O–H groups in total. The quantitative estimate of drug-likeness (QED) is 0.362. The molecule has 19 heteroatoms. The first-order chi connectivity index (χ1) is 22.8. The number of amides is 3. The van der Waals surface area contributed by atoms with Gasteiger partial charge in [0.05, 0.1) is 48.1 Å². The molecule has 3 aromatic rings. The summed E-state index contributed by atoms with van der Waals surface area (Å²) in [5.41, 5.74) is -1.11. The molecule has 1 fully saturated rings. The van der Waals surface area contributed by atoms with Gasteiger partial charge in [0.15, 0.2) is 9.84 Å². The van der Waals surface area contributed by atoms with Gasteiger partial charge >= 0.3 is 18.2 Å². The van der Waals surface area contributed by atoms with Crippen LogP contribution in [-0.4, -0.2) is 91.2 Å². The van der Waals surface area contributed by atoms with Gasteiger partial charge in [-0.1, -0.05) is 28.8 Å². The monoisotopic (exact) mass is 728 g/mol. The Morgan fingerprint density at radius 1 is 1.16 bits per heavy atom. The summed E-state index contributed by atoms with van der Waals surface area (Å²) in [6.45, 7) is 3.50. The first-order valence-electron chi connectivity index (χ1n) is 14.8.